The van der Waals surface area contributed by atoms with Gasteiger partial charge in [0.25, 0.3) is 5.91 Å². The topological polar surface area (TPSA) is 98.7 Å². The van der Waals surface area contributed by atoms with Crippen LogP contribution in [0.15, 0.2) is 12.3 Å². The van der Waals surface area contributed by atoms with Crippen molar-refractivity contribution in [3.8, 4) is 0 Å². The van der Waals surface area contributed by atoms with Crippen molar-refractivity contribution in [1.82, 2.24) is 19.7 Å². The first-order valence-electron chi connectivity index (χ1n) is 6.65. The van der Waals surface area contributed by atoms with Crippen molar-refractivity contribution in [2.24, 2.45) is 12.8 Å². The highest BCUT2D eigenvalue weighted by atomic mass is 19.4. The third-order valence-corrected chi connectivity index (χ3v) is 2.92. The molecule has 23 heavy (non-hydrogen) atoms. The van der Waals surface area contributed by atoms with Crippen LogP contribution in [0.25, 0.3) is 0 Å². The minimum absolute atomic E-state index is 0.0743. The molecule has 0 saturated heterocycles. The van der Waals surface area contributed by atoms with Gasteiger partial charge in [-0.05, 0) is 0 Å². The lowest BCUT2D eigenvalue weighted by molar-refractivity contribution is -0.137. The molecule has 0 spiro atoms. The summed E-state index contributed by atoms with van der Waals surface area (Å²) in [5.41, 5.74) is 2.90. The van der Waals surface area contributed by atoms with Crippen molar-refractivity contribution >= 4 is 17.5 Å². The van der Waals surface area contributed by atoms with E-state index in [1.54, 1.807) is 27.1 Å². The van der Waals surface area contributed by atoms with Crippen LogP contribution >= 0.6 is 0 Å². The predicted molar refractivity (Wildman–Crippen MR) is 76.1 cm³/mol. The Hall–Kier alpha value is -2.65. The summed E-state index contributed by atoms with van der Waals surface area (Å²) in [4.78, 5) is 19.0. The van der Waals surface area contributed by atoms with E-state index >= 15 is 0 Å². The first kappa shape index (κ1) is 16.7. The molecule has 124 valence electrons. The minimum Gasteiger partial charge on any atom is -0.364 e. The Kier molecular flexibility index (Phi) is 4.26. The third-order valence-electron chi connectivity index (χ3n) is 2.92. The number of carbonyl (C=O) groups excluding carboxylic acids is 1. The van der Waals surface area contributed by atoms with Crippen LogP contribution in [0.4, 0.5) is 24.8 Å². The highest BCUT2D eigenvalue weighted by Crippen LogP contribution is 2.37. The van der Waals surface area contributed by atoms with Gasteiger partial charge in [-0.1, -0.05) is 13.8 Å². The van der Waals surface area contributed by atoms with Crippen molar-refractivity contribution in [3.05, 3.63) is 29.3 Å². The molecule has 2 rings (SSSR count). The number of alkyl halides is 3. The number of nitrogens with zero attached hydrogens (tertiary/aromatic N) is 4. The monoisotopic (exact) mass is 328 g/mol. The van der Waals surface area contributed by atoms with Crippen LogP contribution in [-0.4, -0.2) is 25.7 Å². The molecule has 2 aromatic heterocycles. The van der Waals surface area contributed by atoms with Gasteiger partial charge in [0.1, 0.15) is 22.9 Å². The Bertz CT molecular complexity index is 738. The molecule has 0 saturated carbocycles. The number of halogens is 3. The van der Waals surface area contributed by atoms with Crippen molar-refractivity contribution in [2.75, 3.05) is 5.32 Å². The molecule has 0 radical (unpaired) electrons. The summed E-state index contributed by atoms with van der Waals surface area (Å²) in [7, 11) is 1.62. The van der Waals surface area contributed by atoms with E-state index in [1.165, 1.54) is 10.7 Å². The average Bonchev–Trinajstić information content (AvgIpc) is 2.81. The van der Waals surface area contributed by atoms with Gasteiger partial charge in [0, 0.05) is 25.2 Å². The molecule has 3 N–H and O–H groups in total. The Morgan fingerprint density at radius 1 is 1.35 bits per heavy atom. The lowest BCUT2D eigenvalue weighted by Crippen LogP contribution is -2.24. The molecular formula is C13H15F3N6O. The van der Waals surface area contributed by atoms with Crippen molar-refractivity contribution in [3.63, 3.8) is 0 Å². The van der Waals surface area contributed by atoms with Crippen LogP contribution < -0.4 is 11.1 Å². The van der Waals surface area contributed by atoms with Crippen LogP contribution in [0.2, 0.25) is 0 Å². The van der Waals surface area contributed by atoms with Crippen molar-refractivity contribution in [2.45, 2.75) is 25.9 Å². The van der Waals surface area contributed by atoms with E-state index in [9.17, 15) is 18.0 Å². The van der Waals surface area contributed by atoms with Gasteiger partial charge >= 0.3 is 6.18 Å². The van der Waals surface area contributed by atoms with Gasteiger partial charge in [0.2, 0.25) is 0 Å². The number of aromatic nitrogens is 4. The fourth-order valence-electron chi connectivity index (χ4n) is 1.88. The Morgan fingerprint density at radius 3 is 2.43 bits per heavy atom. The van der Waals surface area contributed by atoms with E-state index in [0.29, 0.717) is 0 Å². The van der Waals surface area contributed by atoms with E-state index in [1.807, 2.05) is 0 Å². The first-order valence-corrected chi connectivity index (χ1v) is 6.65. The smallest absolute Gasteiger partial charge is 0.364 e. The largest absolute Gasteiger partial charge is 0.422 e. The molecule has 0 bridgehead atoms. The number of rotatable bonds is 4. The molecule has 10 heteroatoms. The fraction of sp³-hybridized carbons (Fsp3) is 0.385. The van der Waals surface area contributed by atoms with Crippen LogP contribution in [0, 0.1) is 0 Å². The summed E-state index contributed by atoms with van der Waals surface area (Å²) in [6.07, 6.45) is -3.30. The minimum atomic E-state index is -4.85. The number of aryl methyl sites for hydroxylation is 1. The predicted octanol–water partition coefficient (Wildman–Crippen LogP) is 2.19. The highest BCUT2D eigenvalue weighted by molar-refractivity contribution is 5.94. The zero-order valence-electron chi connectivity index (χ0n) is 12.6. The maximum atomic E-state index is 13.4. The molecule has 2 heterocycles. The Morgan fingerprint density at radius 2 is 2.00 bits per heavy atom. The molecular weight excluding hydrogens is 313 g/mol. The second kappa shape index (κ2) is 5.86. The fourth-order valence-corrected chi connectivity index (χ4v) is 1.88. The van der Waals surface area contributed by atoms with Crippen molar-refractivity contribution < 1.29 is 18.0 Å². The van der Waals surface area contributed by atoms with Gasteiger partial charge < -0.3 is 11.1 Å². The zero-order valence-corrected chi connectivity index (χ0v) is 12.6. The van der Waals surface area contributed by atoms with Crippen LogP contribution in [0.5, 0.6) is 0 Å². The van der Waals surface area contributed by atoms with Crippen LogP contribution in [-0.2, 0) is 13.2 Å². The van der Waals surface area contributed by atoms with E-state index in [2.05, 4.69) is 20.4 Å². The summed E-state index contributed by atoms with van der Waals surface area (Å²) in [5.74, 6) is -1.89. The lowest BCUT2D eigenvalue weighted by atomic mass is 10.1. The van der Waals surface area contributed by atoms with E-state index < -0.39 is 29.2 Å². The molecule has 7 nitrogen and oxygen atoms in total. The summed E-state index contributed by atoms with van der Waals surface area (Å²) < 4.78 is 41.5. The summed E-state index contributed by atoms with van der Waals surface area (Å²) in [5, 5.41) is 6.42. The normalized spacial score (nSPS) is 11.8. The van der Waals surface area contributed by atoms with Gasteiger partial charge in [-0.15, -0.1) is 0 Å². The number of hydrogen-bond donors (Lipinski definition) is 2. The number of carbonyl (C=O) groups is 1. The molecule has 0 aliphatic rings. The highest BCUT2D eigenvalue weighted by Gasteiger charge is 2.40. The van der Waals surface area contributed by atoms with Gasteiger partial charge in [-0.2, -0.15) is 18.3 Å². The van der Waals surface area contributed by atoms with E-state index in [0.717, 1.165) is 0 Å². The molecule has 1 amide bonds. The number of anilines is 2. The van der Waals surface area contributed by atoms with Crippen molar-refractivity contribution in [1.29, 1.82) is 0 Å². The van der Waals surface area contributed by atoms with Gasteiger partial charge in [-0.3, -0.25) is 9.48 Å². The number of primary amides is 1. The molecule has 0 unspecified atom stereocenters. The van der Waals surface area contributed by atoms with Gasteiger partial charge in [0.15, 0.2) is 5.82 Å². The summed E-state index contributed by atoms with van der Waals surface area (Å²) >= 11 is 0. The Balaban J connectivity index is 2.67. The van der Waals surface area contributed by atoms with Gasteiger partial charge in [-0.25, -0.2) is 9.97 Å². The van der Waals surface area contributed by atoms with E-state index in [4.69, 9.17) is 5.73 Å². The Labute approximate surface area is 129 Å². The number of nitrogens with one attached hydrogen (secondary N) is 1. The van der Waals surface area contributed by atoms with Crippen LogP contribution in [0.1, 0.15) is 41.6 Å². The molecule has 0 fully saturated rings. The number of hydrogen-bond acceptors (Lipinski definition) is 5. The van der Waals surface area contributed by atoms with E-state index in [-0.39, 0.29) is 17.6 Å². The second-order valence-electron chi connectivity index (χ2n) is 5.17. The molecule has 0 atom stereocenters. The molecule has 2 aromatic rings. The summed E-state index contributed by atoms with van der Waals surface area (Å²) in [6, 6.07) is 1.47. The van der Waals surface area contributed by atoms with Crippen LogP contribution in [0.3, 0.4) is 0 Å². The zero-order chi connectivity index (χ0) is 17.4. The summed E-state index contributed by atoms with van der Waals surface area (Å²) in [6.45, 7) is 3.38. The SMILES string of the molecule is CC(C)c1nc(Nc2ccn(C)n2)c(C(F)(F)F)c(C(N)=O)n1. The maximum Gasteiger partial charge on any atom is 0.422 e. The number of nitrogens with two attached hydrogens (primary N) is 1. The second-order valence-corrected chi connectivity index (χ2v) is 5.17. The lowest BCUT2D eigenvalue weighted by Gasteiger charge is -2.17. The maximum absolute atomic E-state index is 13.4. The third kappa shape index (κ3) is 3.58. The average molecular weight is 328 g/mol. The van der Waals surface area contributed by atoms with Gasteiger partial charge in [0.05, 0.1) is 0 Å². The standard InChI is InChI=1S/C13H15F3N6O/c1-6(2)11-19-9(10(17)23)8(13(14,15)16)12(20-11)18-7-4-5-22(3)21-7/h4-6H,1-3H3,(H2,17,23)(H,18,19,20,21). The quantitative estimate of drug-likeness (QED) is 0.896. The number of amides is 1. The molecule has 0 aliphatic carbocycles. The first-order chi connectivity index (χ1) is 10.6. The molecule has 0 aliphatic heterocycles. The molecule has 0 aromatic carbocycles.